The first kappa shape index (κ1) is 13.7. The number of phenols is 1. The van der Waals surface area contributed by atoms with Crippen LogP contribution >= 0.6 is 0 Å². The van der Waals surface area contributed by atoms with Crippen molar-refractivity contribution in [3.05, 3.63) is 65.2 Å². The van der Waals surface area contributed by atoms with Crippen molar-refractivity contribution in [3.63, 3.8) is 0 Å². The second-order valence-electron chi connectivity index (χ2n) is 6.16. The molecule has 2 aromatic carbocycles. The minimum atomic E-state index is 0.0615. The maximum absolute atomic E-state index is 10.3. The molecule has 0 saturated carbocycles. The Bertz CT molecular complexity index is 550. The summed E-state index contributed by atoms with van der Waals surface area (Å²) in [6.45, 7) is 8.59. The maximum atomic E-state index is 10.3. The summed E-state index contributed by atoms with van der Waals surface area (Å²) in [5, 5.41) is 10.3. The van der Waals surface area contributed by atoms with Crippen molar-refractivity contribution in [3.8, 4) is 5.75 Å². The van der Waals surface area contributed by atoms with Gasteiger partial charge in [0.1, 0.15) is 5.75 Å². The Balaban J connectivity index is 2.37. The topological polar surface area (TPSA) is 20.2 Å². The molecular weight excluding hydrogens is 232 g/mol. The zero-order valence-electron chi connectivity index (χ0n) is 12.1. The average molecular weight is 254 g/mol. The second-order valence-corrected chi connectivity index (χ2v) is 6.16. The molecule has 19 heavy (non-hydrogen) atoms. The van der Waals surface area contributed by atoms with E-state index in [1.165, 1.54) is 5.56 Å². The van der Waals surface area contributed by atoms with E-state index < -0.39 is 0 Å². The zero-order valence-corrected chi connectivity index (χ0v) is 12.1. The van der Waals surface area contributed by atoms with Crippen LogP contribution in [0.1, 0.15) is 50.3 Å². The minimum absolute atomic E-state index is 0.0615. The molecule has 0 aliphatic carbocycles. The van der Waals surface area contributed by atoms with Gasteiger partial charge in [-0.1, -0.05) is 70.2 Å². The van der Waals surface area contributed by atoms with Crippen molar-refractivity contribution in [2.75, 3.05) is 0 Å². The van der Waals surface area contributed by atoms with Crippen molar-refractivity contribution in [1.82, 2.24) is 0 Å². The molecule has 0 aromatic heterocycles. The fraction of sp³-hybridized carbons (Fsp3) is 0.333. The predicted molar refractivity (Wildman–Crippen MR) is 80.8 cm³/mol. The first-order valence-corrected chi connectivity index (χ1v) is 6.78. The van der Waals surface area contributed by atoms with Crippen molar-refractivity contribution in [2.45, 2.75) is 39.0 Å². The summed E-state index contributed by atoms with van der Waals surface area (Å²) in [6, 6.07) is 16.3. The first-order valence-electron chi connectivity index (χ1n) is 6.78. The second kappa shape index (κ2) is 5.08. The standard InChI is InChI=1S/C18H22O/c1-13(14-8-6-5-7-9-14)16-11-10-15(12-17(16)19)18(2,3)4/h5-13,19H,1-4H3. The maximum Gasteiger partial charge on any atom is 0.119 e. The Morgan fingerprint density at radius 2 is 1.58 bits per heavy atom. The van der Waals surface area contributed by atoms with E-state index >= 15 is 0 Å². The molecular formula is C18H22O. The Labute approximate surface area is 115 Å². The molecule has 1 heteroatoms. The fourth-order valence-electron chi connectivity index (χ4n) is 2.30. The van der Waals surface area contributed by atoms with Crippen LogP contribution in [0.3, 0.4) is 0 Å². The normalized spacial score (nSPS) is 13.3. The molecule has 0 aliphatic rings. The summed E-state index contributed by atoms with van der Waals surface area (Å²) >= 11 is 0. The molecule has 0 saturated heterocycles. The smallest absolute Gasteiger partial charge is 0.119 e. The summed E-state index contributed by atoms with van der Waals surface area (Å²) in [4.78, 5) is 0. The number of benzene rings is 2. The third kappa shape index (κ3) is 2.98. The fourth-order valence-corrected chi connectivity index (χ4v) is 2.30. The lowest BCUT2D eigenvalue weighted by molar-refractivity contribution is 0.462. The van der Waals surface area contributed by atoms with Gasteiger partial charge in [-0.15, -0.1) is 0 Å². The summed E-state index contributed by atoms with van der Waals surface area (Å²) in [6.07, 6.45) is 0. The van der Waals surface area contributed by atoms with Crippen LogP contribution in [-0.4, -0.2) is 5.11 Å². The summed E-state index contributed by atoms with van der Waals surface area (Å²) in [7, 11) is 0. The molecule has 0 spiro atoms. The van der Waals surface area contributed by atoms with Crippen molar-refractivity contribution < 1.29 is 5.11 Å². The van der Waals surface area contributed by atoms with Gasteiger partial charge in [-0.3, -0.25) is 0 Å². The zero-order chi connectivity index (χ0) is 14.0. The number of hydrogen-bond acceptors (Lipinski definition) is 1. The molecule has 0 amide bonds. The van der Waals surface area contributed by atoms with E-state index in [9.17, 15) is 5.11 Å². The Kier molecular flexibility index (Phi) is 3.66. The van der Waals surface area contributed by atoms with Gasteiger partial charge in [0.2, 0.25) is 0 Å². The highest BCUT2D eigenvalue weighted by molar-refractivity contribution is 5.44. The molecule has 0 bridgehead atoms. The van der Waals surface area contributed by atoms with Crippen LogP contribution in [0, 0.1) is 0 Å². The molecule has 2 aromatic rings. The van der Waals surface area contributed by atoms with Gasteiger partial charge >= 0.3 is 0 Å². The highest BCUT2D eigenvalue weighted by Crippen LogP contribution is 2.34. The lowest BCUT2D eigenvalue weighted by atomic mass is 9.84. The third-order valence-electron chi connectivity index (χ3n) is 3.66. The molecule has 0 fully saturated rings. The van der Waals surface area contributed by atoms with Crippen LogP contribution in [0.15, 0.2) is 48.5 Å². The lowest BCUT2D eigenvalue weighted by Gasteiger charge is -2.21. The molecule has 0 aliphatic heterocycles. The molecule has 1 nitrogen and oxygen atoms in total. The quantitative estimate of drug-likeness (QED) is 0.813. The van der Waals surface area contributed by atoms with E-state index in [-0.39, 0.29) is 11.3 Å². The molecule has 1 N–H and O–H groups in total. The van der Waals surface area contributed by atoms with E-state index in [0.717, 1.165) is 11.1 Å². The molecule has 0 radical (unpaired) electrons. The highest BCUT2D eigenvalue weighted by atomic mass is 16.3. The number of hydrogen-bond donors (Lipinski definition) is 1. The van der Waals surface area contributed by atoms with E-state index in [2.05, 4.69) is 45.9 Å². The van der Waals surface area contributed by atoms with Crippen LogP contribution in [0.5, 0.6) is 5.75 Å². The van der Waals surface area contributed by atoms with E-state index in [4.69, 9.17) is 0 Å². The third-order valence-corrected chi connectivity index (χ3v) is 3.66. The predicted octanol–water partition coefficient (Wildman–Crippen LogP) is 4.84. The van der Waals surface area contributed by atoms with Gasteiger partial charge in [0.15, 0.2) is 0 Å². The highest BCUT2D eigenvalue weighted by Gasteiger charge is 2.18. The van der Waals surface area contributed by atoms with E-state index in [1.807, 2.05) is 30.3 Å². The van der Waals surface area contributed by atoms with Gasteiger partial charge in [0, 0.05) is 11.5 Å². The Morgan fingerprint density at radius 1 is 0.947 bits per heavy atom. The van der Waals surface area contributed by atoms with Crippen molar-refractivity contribution >= 4 is 0 Å². The largest absolute Gasteiger partial charge is 0.508 e. The Morgan fingerprint density at radius 3 is 2.11 bits per heavy atom. The SMILES string of the molecule is CC(c1ccccc1)c1ccc(C(C)(C)C)cc1O. The number of phenolic OH excluding ortho intramolecular Hbond substituents is 1. The van der Waals surface area contributed by atoms with Crippen LogP contribution in [0.2, 0.25) is 0 Å². The van der Waals surface area contributed by atoms with E-state index in [0.29, 0.717) is 5.75 Å². The average Bonchev–Trinajstić information content (AvgIpc) is 2.38. The molecule has 100 valence electrons. The van der Waals surface area contributed by atoms with E-state index in [1.54, 1.807) is 0 Å². The Hall–Kier alpha value is -1.76. The molecule has 1 unspecified atom stereocenters. The van der Waals surface area contributed by atoms with Crippen molar-refractivity contribution in [1.29, 1.82) is 0 Å². The summed E-state index contributed by atoms with van der Waals surface area (Å²) in [5.74, 6) is 0.596. The summed E-state index contributed by atoms with van der Waals surface area (Å²) in [5.41, 5.74) is 3.43. The monoisotopic (exact) mass is 254 g/mol. The minimum Gasteiger partial charge on any atom is -0.508 e. The summed E-state index contributed by atoms with van der Waals surface area (Å²) < 4.78 is 0. The number of rotatable bonds is 2. The molecule has 1 atom stereocenters. The van der Waals surface area contributed by atoms with Gasteiger partial charge in [-0.05, 0) is 22.6 Å². The van der Waals surface area contributed by atoms with Crippen LogP contribution in [-0.2, 0) is 5.41 Å². The van der Waals surface area contributed by atoms with Gasteiger partial charge < -0.3 is 5.11 Å². The first-order chi connectivity index (χ1) is 8.89. The van der Waals surface area contributed by atoms with Gasteiger partial charge in [-0.2, -0.15) is 0 Å². The lowest BCUT2D eigenvalue weighted by Crippen LogP contribution is -2.11. The number of aromatic hydroxyl groups is 1. The molecule has 0 heterocycles. The van der Waals surface area contributed by atoms with Gasteiger partial charge in [-0.25, -0.2) is 0 Å². The van der Waals surface area contributed by atoms with Crippen LogP contribution in [0.4, 0.5) is 0 Å². The van der Waals surface area contributed by atoms with Crippen LogP contribution < -0.4 is 0 Å². The van der Waals surface area contributed by atoms with Gasteiger partial charge in [0.25, 0.3) is 0 Å². The molecule has 2 rings (SSSR count). The van der Waals surface area contributed by atoms with Gasteiger partial charge in [0.05, 0.1) is 0 Å². The van der Waals surface area contributed by atoms with Crippen molar-refractivity contribution in [2.24, 2.45) is 0 Å². The van der Waals surface area contributed by atoms with Crippen LogP contribution in [0.25, 0.3) is 0 Å².